The van der Waals surface area contributed by atoms with Crippen molar-refractivity contribution in [1.29, 1.82) is 0 Å². The molecular formula is C38H24N2. The predicted molar refractivity (Wildman–Crippen MR) is 169 cm³/mol. The van der Waals surface area contributed by atoms with E-state index in [0.29, 0.717) is 0 Å². The monoisotopic (exact) mass is 508 g/mol. The van der Waals surface area contributed by atoms with Crippen molar-refractivity contribution in [3.05, 3.63) is 146 Å². The summed E-state index contributed by atoms with van der Waals surface area (Å²) >= 11 is 0. The first-order valence-corrected chi connectivity index (χ1v) is 13.8. The minimum Gasteiger partial charge on any atom is -0.306 e. The largest absolute Gasteiger partial charge is 0.306 e. The molecule has 186 valence electrons. The van der Waals surface area contributed by atoms with Gasteiger partial charge in [-0.1, -0.05) is 109 Å². The van der Waals surface area contributed by atoms with Gasteiger partial charge in [-0.2, -0.15) is 0 Å². The molecule has 0 radical (unpaired) electrons. The smallest absolute Gasteiger partial charge is 0.0789 e. The summed E-state index contributed by atoms with van der Waals surface area (Å²) in [4.78, 5) is 4.98. The van der Waals surface area contributed by atoms with E-state index < -0.39 is 0 Å². The molecule has 2 heterocycles. The summed E-state index contributed by atoms with van der Waals surface area (Å²) in [5, 5.41) is 4.97. The van der Waals surface area contributed by atoms with Gasteiger partial charge in [-0.3, -0.25) is 0 Å². The number of nitrogens with zero attached hydrogens (tertiary/aromatic N) is 2. The zero-order chi connectivity index (χ0) is 26.2. The minimum absolute atomic E-state index is 1.16. The van der Waals surface area contributed by atoms with Gasteiger partial charge < -0.3 is 9.80 Å². The van der Waals surface area contributed by atoms with Crippen LogP contribution >= 0.6 is 0 Å². The van der Waals surface area contributed by atoms with Gasteiger partial charge in [0, 0.05) is 22.2 Å². The molecule has 0 fully saturated rings. The summed E-state index contributed by atoms with van der Waals surface area (Å²) in [5.41, 5.74) is 12.2. The van der Waals surface area contributed by atoms with Gasteiger partial charge in [-0.25, -0.2) is 0 Å². The Bertz CT molecular complexity index is 2140. The molecule has 7 aromatic carbocycles. The molecule has 0 unspecified atom stereocenters. The van der Waals surface area contributed by atoms with E-state index in [1.54, 1.807) is 0 Å². The molecule has 0 spiro atoms. The Balaban J connectivity index is 1.49. The number of hydrogen-bond acceptors (Lipinski definition) is 2. The van der Waals surface area contributed by atoms with Crippen LogP contribution < -0.4 is 9.80 Å². The molecule has 2 nitrogen and oxygen atoms in total. The van der Waals surface area contributed by atoms with Crippen LogP contribution in [-0.2, 0) is 0 Å². The van der Waals surface area contributed by atoms with Crippen LogP contribution in [0.15, 0.2) is 146 Å². The Hall–Kier alpha value is -5.34. The van der Waals surface area contributed by atoms with E-state index in [0.717, 1.165) is 5.69 Å². The van der Waals surface area contributed by atoms with Crippen LogP contribution in [0.4, 0.5) is 34.1 Å². The van der Waals surface area contributed by atoms with Gasteiger partial charge in [-0.15, -0.1) is 0 Å². The maximum atomic E-state index is 2.50. The Morgan fingerprint density at radius 1 is 0.325 bits per heavy atom. The van der Waals surface area contributed by atoms with Crippen molar-refractivity contribution in [3.8, 4) is 22.3 Å². The van der Waals surface area contributed by atoms with E-state index in [2.05, 4.69) is 155 Å². The topological polar surface area (TPSA) is 6.48 Å². The normalized spacial score (nSPS) is 12.9. The van der Waals surface area contributed by atoms with Gasteiger partial charge in [-0.05, 0) is 63.7 Å². The maximum absolute atomic E-state index is 2.50. The first-order valence-electron chi connectivity index (χ1n) is 13.8. The predicted octanol–water partition coefficient (Wildman–Crippen LogP) is 10.9. The Morgan fingerprint density at radius 2 is 0.900 bits per heavy atom. The number of anilines is 6. The van der Waals surface area contributed by atoms with E-state index >= 15 is 0 Å². The molecule has 2 aliphatic heterocycles. The average molecular weight is 509 g/mol. The van der Waals surface area contributed by atoms with Gasteiger partial charge in [0.05, 0.1) is 28.4 Å². The standard InChI is InChI=1S/C38H24N2/c1-2-12-26-23-28(22-21-25(26)11-1)39-35-19-9-10-20-36(35)40-34-18-8-7-17-32(34)30-15-5-6-16-31(30)33-24-27-13-3-4-14-29(27)37(39)38(33)40/h1-24H. The molecule has 9 rings (SSSR count). The molecule has 0 atom stereocenters. The van der Waals surface area contributed by atoms with E-state index in [1.807, 2.05) is 0 Å². The first-order chi connectivity index (χ1) is 19.9. The number of benzene rings is 7. The molecule has 40 heavy (non-hydrogen) atoms. The Kier molecular flexibility index (Phi) is 4.36. The van der Waals surface area contributed by atoms with Crippen LogP contribution in [0.5, 0.6) is 0 Å². The molecule has 0 N–H and O–H groups in total. The Labute approximate surface area is 233 Å². The number of fused-ring (bicyclic) bond motifs is 10. The summed E-state index contributed by atoms with van der Waals surface area (Å²) in [7, 11) is 0. The quantitative estimate of drug-likeness (QED) is 0.218. The fourth-order valence-corrected chi connectivity index (χ4v) is 6.74. The fraction of sp³-hybridized carbons (Fsp3) is 0. The lowest BCUT2D eigenvalue weighted by Gasteiger charge is -2.42. The highest BCUT2D eigenvalue weighted by molar-refractivity contribution is 6.19. The van der Waals surface area contributed by atoms with Crippen LogP contribution in [0, 0.1) is 0 Å². The van der Waals surface area contributed by atoms with Crippen LogP contribution in [0.2, 0.25) is 0 Å². The third kappa shape index (κ3) is 2.88. The van der Waals surface area contributed by atoms with Gasteiger partial charge in [0.2, 0.25) is 0 Å². The third-order valence-electron chi connectivity index (χ3n) is 8.45. The first kappa shape index (κ1) is 21.6. The van der Waals surface area contributed by atoms with Crippen molar-refractivity contribution < 1.29 is 0 Å². The van der Waals surface area contributed by atoms with Gasteiger partial charge in [0.15, 0.2) is 0 Å². The minimum atomic E-state index is 1.16. The van der Waals surface area contributed by atoms with Gasteiger partial charge >= 0.3 is 0 Å². The van der Waals surface area contributed by atoms with Crippen LogP contribution in [0.3, 0.4) is 0 Å². The molecule has 0 aromatic heterocycles. The molecule has 7 aromatic rings. The molecular weight excluding hydrogens is 484 g/mol. The van der Waals surface area contributed by atoms with Crippen LogP contribution in [0.1, 0.15) is 0 Å². The summed E-state index contributed by atoms with van der Waals surface area (Å²) in [6.07, 6.45) is 0. The van der Waals surface area contributed by atoms with Crippen LogP contribution in [-0.4, -0.2) is 0 Å². The van der Waals surface area contributed by atoms with Crippen LogP contribution in [0.25, 0.3) is 43.8 Å². The summed E-state index contributed by atoms with van der Waals surface area (Å²) in [6.45, 7) is 0. The van der Waals surface area contributed by atoms with Gasteiger partial charge in [0.1, 0.15) is 0 Å². The van der Waals surface area contributed by atoms with Crippen molar-refractivity contribution in [3.63, 3.8) is 0 Å². The molecule has 2 heteroatoms. The zero-order valence-electron chi connectivity index (χ0n) is 21.8. The summed E-state index contributed by atoms with van der Waals surface area (Å²) in [6, 6.07) is 53.2. The van der Waals surface area contributed by atoms with E-state index in [1.165, 1.54) is 72.2 Å². The lowest BCUT2D eigenvalue weighted by atomic mass is 9.91. The summed E-state index contributed by atoms with van der Waals surface area (Å²) < 4.78 is 0. The second kappa shape index (κ2) is 8.08. The Morgan fingerprint density at radius 3 is 1.70 bits per heavy atom. The average Bonchev–Trinajstić information content (AvgIpc) is 3.14. The number of rotatable bonds is 1. The second-order valence-corrected chi connectivity index (χ2v) is 10.6. The van der Waals surface area contributed by atoms with Crippen molar-refractivity contribution in [1.82, 2.24) is 0 Å². The molecule has 0 bridgehead atoms. The highest BCUT2D eigenvalue weighted by Crippen LogP contribution is 2.62. The lowest BCUT2D eigenvalue weighted by molar-refractivity contribution is 1.19. The lowest BCUT2D eigenvalue weighted by Crippen LogP contribution is -2.24. The SMILES string of the molecule is c1ccc2c(c1)-c1ccccc1N1c3ccccc3N(c3ccc4ccccc4c3)c3c1c-2cc1ccccc31. The highest BCUT2D eigenvalue weighted by atomic mass is 15.3. The van der Waals surface area contributed by atoms with E-state index in [9.17, 15) is 0 Å². The summed E-state index contributed by atoms with van der Waals surface area (Å²) in [5.74, 6) is 0. The molecule has 0 amide bonds. The third-order valence-corrected chi connectivity index (χ3v) is 8.45. The number of para-hydroxylation sites is 3. The van der Waals surface area contributed by atoms with Crippen molar-refractivity contribution in [2.45, 2.75) is 0 Å². The highest BCUT2D eigenvalue weighted by Gasteiger charge is 2.37. The molecule has 0 saturated carbocycles. The molecule has 2 aliphatic rings. The number of hydrogen-bond donors (Lipinski definition) is 0. The van der Waals surface area contributed by atoms with E-state index in [-0.39, 0.29) is 0 Å². The fourth-order valence-electron chi connectivity index (χ4n) is 6.74. The van der Waals surface area contributed by atoms with Crippen molar-refractivity contribution in [2.75, 3.05) is 9.80 Å². The zero-order valence-corrected chi connectivity index (χ0v) is 21.8. The van der Waals surface area contributed by atoms with E-state index in [4.69, 9.17) is 0 Å². The molecule has 0 aliphatic carbocycles. The van der Waals surface area contributed by atoms with Crippen molar-refractivity contribution in [2.24, 2.45) is 0 Å². The molecule has 0 saturated heterocycles. The second-order valence-electron chi connectivity index (χ2n) is 10.6. The maximum Gasteiger partial charge on any atom is 0.0789 e. The van der Waals surface area contributed by atoms with Gasteiger partial charge in [0.25, 0.3) is 0 Å². The van der Waals surface area contributed by atoms with Crippen molar-refractivity contribution >= 4 is 55.7 Å².